The van der Waals surface area contributed by atoms with Gasteiger partial charge in [0.15, 0.2) is 5.96 Å². The monoisotopic (exact) mass is 332 g/mol. The van der Waals surface area contributed by atoms with Crippen molar-refractivity contribution >= 4 is 5.96 Å². The highest BCUT2D eigenvalue weighted by molar-refractivity contribution is 5.80. The molecule has 0 aromatic carbocycles. The van der Waals surface area contributed by atoms with Crippen molar-refractivity contribution in [1.29, 1.82) is 0 Å². The molecule has 0 bridgehead atoms. The molecule has 0 aliphatic heterocycles. The Balaban J connectivity index is 1.56. The van der Waals surface area contributed by atoms with Gasteiger partial charge in [-0.05, 0) is 25.7 Å². The van der Waals surface area contributed by atoms with Crippen molar-refractivity contribution in [3.8, 4) is 0 Å². The maximum Gasteiger partial charge on any atom is 0.191 e. The van der Waals surface area contributed by atoms with Crippen LogP contribution in [0.4, 0.5) is 0 Å². The van der Waals surface area contributed by atoms with Gasteiger partial charge in [0.2, 0.25) is 0 Å². The second-order valence-corrected chi connectivity index (χ2v) is 7.13. The second-order valence-electron chi connectivity index (χ2n) is 7.13. The summed E-state index contributed by atoms with van der Waals surface area (Å²) < 4.78 is 2.11. The number of nitrogens with one attached hydrogen (secondary N) is 2. The van der Waals surface area contributed by atoms with Gasteiger partial charge < -0.3 is 15.2 Å². The fourth-order valence-corrected chi connectivity index (χ4v) is 3.85. The first-order chi connectivity index (χ1) is 11.8. The van der Waals surface area contributed by atoms with E-state index in [1.807, 2.05) is 6.33 Å². The number of hydrogen-bond acceptors (Lipinski definition) is 3. The molecule has 2 fully saturated rings. The Morgan fingerprint density at radius 1 is 1.08 bits per heavy atom. The summed E-state index contributed by atoms with van der Waals surface area (Å²) in [7, 11) is 0. The highest BCUT2D eigenvalue weighted by Gasteiger charge is 2.19. The van der Waals surface area contributed by atoms with Crippen molar-refractivity contribution in [2.24, 2.45) is 4.99 Å². The van der Waals surface area contributed by atoms with Gasteiger partial charge in [0, 0.05) is 25.0 Å². The number of aliphatic imine (C=N–C) groups is 1. The van der Waals surface area contributed by atoms with Crippen molar-refractivity contribution in [3.05, 3.63) is 12.2 Å². The van der Waals surface area contributed by atoms with Crippen LogP contribution in [-0.4, -0.2) is 39.4 Å². The lowest BCUT2D eigenvalue weighted by molar-refractivity contribution is 0.407. The number of guanidine groups is 1. The van der Waals surface area contributed by atoms with E-state index in [1.165, 1.54) is 57.8 Å². The SMILES string of the molecule is CCc1nncn1CCN=C(NC1CCCCC1)NC1CCCC1. The summed E-state index contributed by atoms with van der Waals surface area (Å²) in [5.74, 6) is 2.05. The topological polar surface area (TPSA) is 67.1 Å². The molecule has 0 unspecified atom stereocenters. The minimum atomic E-state index is 0.590. The van der Waals surface area contributed by atoms with E-state index in [-0.39, 0.29) is 0 Å². The van der Waals surface area contributed by atoms with Crippen molar-refractivity contribution in [2.45, 2.75) is 89.8 Å². The molecule has 134 valence electrons. The van der Waals surface area contributed by atoms with Gasteiger partial charge in [-0.2, -0.15) is 0 Å². The van der Waals surface area contributed by atoms with E-state index >= 15 is 0 Å². The predicted molar refractivity (Wildman–Crippen MR) is 97.1 cm³/mol. The minimum absolute atomic E-state index is 0.590. The summed E-state index contributed by atoms with van der Waals surface area (Å²) in [6.45, 7) is 3.72. The molecule has 1 aromatic heterocycles. The normalized spacial score (nSPS) is 20.5. The number of nitrogens with zero attached hydrogens (tertiary/aromatic N) is 4. The summed E-state index contributed by atoms with van der Waals surface area (Å²) in [6, 6.07) is 1.19. The van der Waals surface area contributed by atoms with Crippen LogP contribution in [0.15, 0.2) is 11.3 Å². The lowest BCUT2D eigenvalue weighted by Crippen LogP contribution is -2.47. The molecule has 0 amide bonds. The third-order valence-corrected chi connectivity index (χ3v) is 5.26. The van der Waals surface area contributed by atoms with E-state index in [2.05, 4.69) is 32.3 Å². The van der Waals surface area contributed by atoms with Gasteiger partial charge in [-0.1, -0.05) is 39.0 Å². The smallest absolute Gasteiger partial charge is 0.191 e. The van der Waals surface area contributed by atoms with E-state index in [4.69, 9.17) is 4.99 Å². The molecule has 0 spiro atoms. The van der Waals surface area contributed by atoms with Gasteiger partial charge in [0.1, 0.15) is 12.2 Å². The summed E-state index contributed by atoms with van der Waals surface area (Å²) >= 11 is 0. The second kappa shape index (κ2) is 9.04. The Morgan fingerprint density at radius 3 is 2.33 bits per heavy atom. The molecule has 6 nitrogen and oxygen atoms in total. The number of aromatic nitrogens is 3. The largest absolute Gasteiger partial charge is 0.354 e. The van der Waals surface area contributed by atoms with Crippen molar-refractivity contribution in [3.63, 3.8) is 0 Å². The zero-order chi connectivity index (χ0) is 16.6. The quantitative estimate of drug-likeness (QED) is 0.621. The third-order valence-electron chi connectivity index (χ3n) is 5.26. The molecule has 0 radical (unpaired) electrons. The van der Waals surface area contributed by atoms with Crippen molar-refractivity contribution < 1.29 is 0 Å². The van der Waals surface area contributed by atoms with Gasteiger partial charge in [0.25, 0.3) is 0 Å². The molecule has 6 heteroatoms. The van der Waals surface area contributed by atoms with Crippen LogP contribution < -0.4 is 10.6 Å². The van der Waals surface area contributed by atoms with Crippen molar-refractivity contribution in [1.82, 2.24) is 25.4 Å². The van der Waals surface area contributed by atoms with Gasteiger partial charge in [-0.3, -0.25) is 4.99 Å². The van der Waals surface area contributed by atoms with E-state index < -0.39 is 0 Å². The predicted octanol–water partition coefficient (Wildman–Crippen LogP) is 2.65. The summed E-state index contributed by atoms with van der Waals surface area (Å²) in [6.07, 6.45) is 14.6. The number of hydrogen-bond donors (Lipinski definition) is 2. The zero-order valence-corrected chi connectivity index (χ0v) is 15.0. The Labute approximate surface area is 145 Å². The first-order valence-electron chi connectivity index (χ1n) is 9.79. The Kier molecular flexibility index (Phi) is 6.49. The Morgan fingerprint density at radius 2 is 1.71 bits per heavy atom. The minimum Gasteiger partial charge on any atom is -0.354 e. The van der Waals surface area contributed by atoms with Crippen LogP contribution in [0.2, 0.25) is 0 Å². The highest BCUT2D eigenvalue weighted by atomic mass is 15.3. The van der Waals surface area contributed by atoms with Gasteiger partial charge in [-0.15, -0.1) is 10.2 Å². The fourth-order valence-electron chi connectivity index (χ4n) is 3.85. The molecule has 2 N–H and O–H groups in total. The first kappa shape index (κ1) is 17.2. The van der Waals surface area contributed by atoms with Gasteiger partial charge in [0.05, 0.1) is 6.54 Å². The standard InChI is InChI=1S/C18H32N6/c1-2-17-23-20-14-24(17)13-12-19-18(22-16-10-6-7-11-16)21-15-8-4-3-5-9-15/h14-16H,2-13H2,1H3,(H2,19,21,22). The van der Waals surface area contributed by atoms with Crippen LogP contribution in [-0.2, 0) is 13.0 Å². The average molecular weight is 332 g/mol. The summed E-state index contributed by atoms with van der Waals surface area (Å²) in [5.41, 5.74) is 0. The molecule has 2 aliphatic carbocycles. The molecule has 1 aromatic rings. The van der Waals surface area contributed by atoms with E-state index in [9.17, 15) is 0 Å². The van der Waals surface area contributed by atoms with Gasteiger partial charge in [-0.25, -0.2) is 0 Å². The molecule has 2 saturated carbocycles. The van der Waals surface area contributed by atoms with Crippen LogP contribution in [0.1, 0.15) is 70.5 Å². The maximum absolute atomic E-state index is 4.85. The molecular formula is C18H32N6. The lowest BCUT2D eigenvalue weighted by atomic mass is 9.96. The van der Waals surface area contributed by atoms with Crippen molar-refractivity contribution in [2.75, 3.05) is 6.54 Å². The zero-order valence-electron chi connectivity index (χ0n) is 15.0. The van der Waals surface area contributed by atoms with E-state index in [1.54, 1.807) is 0 Å². The van der Waals surface area contributed by atoms with E-state index in [0.29, 0.717) is 12.1 Å². The lowest BCUT2D eigenvalue weighted by Gasteiger charge is -2.26. The van der Waals surface area contributed by atoms with Crippen LogP contribution in [0.25, 0.3) is 0 Å². The van der Waals surface area contributed by atoms with Gasteiger partial charge >= 0.3 is 0 Å². The highest BCUT2D eigenvalue weighted by Crippen LogP contribution is 2.19. The molecule has 2 aliphatic rings. The van der Waals surface area contributed by atoms with Crippen LogP contribution in [0, 0.1) is 0 Å². The molecule has 24 heavy (non-hydrogen) atoms. The van der Waals surface area contributed by atoms with Crippen LogP contribution >= 0.6 is 0 Å². The average Bonchev–Trinajstić information content (AvgIpc) is 3.27. The van der Waals surface area contributed by atoms with Crippen LogP contribution in [0.5, 0.6) is 0 Å². The molecule has 3 rings (SSSR count). The van der Waals surface area contributed by atoms with E-state index in [0.717, 1.165) is 31.3 Å². The Bertz CT molecular complexity index is 511. The molecule has 1 heterocycles. The summed E-state index contributed by atoms with van der Waals surface area (Å²) in [5, 5.41) is 15.5. The molecular weight excluding hydrogens is 300 g/mol. The molecule has 0 atom stereocenters. The molecule has 0 saturated heterocycles. The number of rotatable bonds is 6. The third kappa shape index (κ3) is 4.95. The Hall–Kier alpha value is -1.59. The summed E-state index contributed by atoms with van der Waals surface area (Å²) in [4.78, 5) is 4.85. The number of aryl methyl sites for hydroxylation is 1. The fraction of sp³-hybridized carbons (Fsp3) is 0.833. The first-order valence-corrected chi connectivity index (χ1v) is 9.79. The van der Waals surface area contributed by atoms with Crippen LogP contribution in [0.3, 0.4) is 0 Å². The maximum atomic E-state index is 4.85.